The number of piperidine rings is 1. The predicted octanol–water partition coefficient (Wildman–Crippen LogP) is 1.22. The number of likely N-dealkylation sites (tertiary alicyclic amines) is 1. The zero-order chi connectivity index (χ0) is 7.40. The van der Waals surface area contributed by atoms with E-state index in [0.717, 1.165) is 13.1 Å². The molecule has 0 atom stereocenters. The molecular formula is C8H14Hf2NO-. The molecule has 0 N–H and O–H groups in total. The molecular weight excluding hydrogens is 483 g/mol. The monoisotopic (exact) mass is 500 g/mol. The van der Waals surface area contributed by atoms with Crippen molar-refractivity contribution in [3.8, 4) is 0 Å². The third-order valence-electron chi connectivity index (χ3n) is 1.76. The Labute approximate surface area is 112 Å². The molecule has 66 valence electrons. The first-order valence-electron chi connectivity index (χ1n) is 3.88. The van der Waals surface area contributed by atoms with E-state index < -0.39 is 0 Å². The second-order valence-corrected chi connectivity index (χ2v) is 2.84. The van der Waals surface area contributed by atoms with Crippen LogP contribution in [0.3, 0.4) is 0 Å². The molecule has 0 saturated carbocycles. The number of Topliss-reactive ketones (excluding diaryl/α,β-unsaturated/α-hetero) is 1. The third kappa shape index (κ3) is 6.72. The first-order valence-corrected chi connectivity index (χ1v) is 3.88. The average Bonchev–Trinajstić information content (AvgIpc) is 1.88. The second kappa shape index (κ2) is 8.82. The Bertz CT molecular complexity index is 124. The molecule has 12 heavy (non-hydrogen) atoms. The van der Waals surface area contributed by atoms with Crippen LogP contribution in [0.2, 0.25) is 0 Å². The SMILES string of the molecule is CC(=O)[CH-]N1CCCCC1.[Hf].[Hf]. The maximum absolute atomic E-state index is 10.6. The summed E-state index contributed by atoms with van der Waals surface area (Å²) < 4.78 is 0. The van der Waals surface area contributed by atoms with Gasteiger partial charge in [-0.25, -0.2) is 0 Å². The van der Waals surface area contributed by atoms with Crippen molar-refractivity contribution in [3.05, 3.63) is 6.54 Å². The summed E-state index contributed by atoms with van der Waals surface area (Å²) in [5.41, 5.74) is 0. The molecule has 0 aromatic carbocycles. The Kier molecular flexibility index (Phi) is 11.5. The molecule has 1 heterocycles. The minimum Gasteiger partial charge on any atom is -0.434 e. The van der Waals surface area contributed by atoms with Gasteiger partial charge in [-0.1, -0.05) is 6.42 Å². The zero-order valence-corrected chi connectivity index (χ0v) is 14.7. The summed E-state index contributed by atoms with van der Waals surface area (Å²) in [4.78, 5) is 12.7. The van der Waals surface area contributed by atoms with Crippen molar-refractivity contribution in [2.75, 3.05) is 13.1 Å². The maximum atomic E-state index is 10.6. The van der Waals surface area contributed by atoms with Crippen LogP contribution in [0.4, 0.5) is 0 Å². The van der Waals surface area contributed by atoms with E-state index in [1.165, 1.54) is 19.3 Å². The van der Waals surface area contributed by atoms with E-state index in [0.29, 0.717) is 0 Å². The number of rotatable bonds is 2. The number of hydrogen-bond acceptors (Lipinski definition) is 2. The van der Waals surface area contributed by atoms with E-state index in [2.05, 4.69) is 4.90 Å². The summed E-state index contributed by atoms with van der Waals surface area (Å²) in [6, 6.07) is 0. The molecule has 0 spiro atoms. The van der Waals surface area contributed by atoms with Crippen LogP contribution in [0.25, 0.3) is 0 Å². The first-order chi connectivity index (χ1) is 4.79. The van der Waals surface area contributed by atoms with Crippen molar-refractivity contribution in [1.82, 2.24) is 4.90 Å². The normalized spacial score (nSPS) is 17.1. The number of carbonyl (C=O) groups is 1. The van der Waals surface area contributed by atoms with Crippen molar-refractivity contribution in [1.29, 1.82) is 0 Å². The molecule has 1 aliphatic rings. The summed E-state index contributed by atoms with van der Waals surface area (Å²) in [5.74, 6) is 0.168. The minimum atomic E-state index is 0. The van der Waals surface area contributed by atoms with Gasteiger partial charge in [0.15, 0.2) is 0 Å². The van der Waals surface area contributed by atoms with Gasteiger partial charge in [0, 0.05) is 57.5 Å². The van der Waals surface area contributed by atoms with E-state index in [9.17, 15) is 4.79 Å². The van der Waals surface area contributed by atoms with Crippen LogP contribution in [0.15, 0.2) is 0 Å². The summed E-state index contributed by atoms with van der Waals surface area (Å²) in [5, 5.41) is 0. The Balaban J connectivity index is 0. The van der Waals surface area contributed by atoms with Crippen LogP contribution in [0.1, 0.15) is 26.2 Å². The van der Waals surface area contributed by atoms with Gasteiger partial charge in [0.2, 0.25) is 0 Å². The van der Waals surface area contributed by atoms with E-state index >= 15 is 0 Å². The number of hydrogen-bond donors (Lipinski definition) is 0. The maximum Gasteiger partial charge on any atom is 0.00865 e. The molecule has 1 fully saturated rings. The Morgan fingerprint density at radius 2 is 1.67 bits per heavy atom. The Morgan fingerprint density at radius 1 is 1.17 bits per heavy atom. The van der Waals surface area contributed by atoms with Crippen LogP contribution in [0.5, 0.6) is 0 Å². The van der Waals surface area contributed by atoms with Crippen molar-refractivity contribution in [2.24, 2.45) is 0 Å². The topological polar surface area (TPSA) is 20.3 Å². The van der Waals surface area contributed by atoms with Crippen molar-refractivity contribution < 1.29 is 56.5 Å². The van der Waals surface area contributed by atoms with Gasteiger partial charge in [0.05, 0.1) is 0 Å². The fraction of sp³-hybridized carbons (Fsp3) is 0.750. The van der Waals surface area contributed by atoms with Crippen molar-refractivity contribution in [3.63, 3.8) is 0 Å². The summed E-state index contributed by atoms with van der Waals surface area (Å²) in [7, 11) is 0. The summed E-state index contributed by atoms with van der Waals surface area (Å²) in [6.45, 7) is 5.47. The largest absolute Gasteiger partial charge is 0.434 e. The molecule has 0 amide bonds. The van der Waals surface area contributed by atoms with Gasteiger partial charge in [-0.3, -0.25) is 6.54 Å². The molecule has 1 saturated heterocycles. The second-order valence-electron chi connectivity index (χ2n) is 2.84. The number of nitrogens with zero attached hydrogens (tertiary/aromatic N) is 1. The summed E-state index contributed by atoms with van der Waals surface area (Å²) in [6.07, 6.45) is 3.80. The standard InChI is InChI=1S/C8H14NO.2Hf/c1-8(10)7-9-5-3-2-4-6-9;;/h7H,2-6H2,1H3;;/q-1;;. The summed E-state index contributed by atoms with van der Waals surface area (Å²) >= 11 is 0. The average molecular weight is 497 g/mol. The van der Waals surface area contributed by atoms with Crippen molar-refractivity contribution >= 4 is 5.78 Å². The fourth-order valence-electron chi connectivity index (χ4n) is 1.30. The van der Waals surface area contributed by atoms with Gasteiger partial charge in [-0.2, -0.15) is 0 Å². The van der Waals surface area contributed by atoms with Crippen LogP contribution in [-0.4, -0.2) is 23.8 Å². The smallest absolute Gasteiger partial charge is 0.00865 e. The molecule has 0 bridgehead atoms. The first kappa shape index (κ1) is 15.7. The molecule has 2 nitrogen and oxygen atoms in total. The number of carbonyl (C=O) groups excluding carboxylic acids is 1. The van der Waals surface area contributed by atoms with Crippen LogP contribution in [-0.2, 0) is 56.5 Å². The minimum absolute atomic E-state index is 0. The Hall–Kier alpha value is 1.24. The molecule has 4 heteroatoms. The third-order valence-corrected chi connectivity index (χ3v) is 1.76. The van der Waals surface area contributed by atoms with Gasteiger partial charge in [-0.15, -0.1) is 0 Å². The van der Waals surface area contributed by atoms with E-state index in [4.69, 9.17) is 0 Å². The van der Waals surface area contributed by atoms with Crippen LogP contribution < -0.4 is 0 Å². The van der Waals surface area contributed by atoms with Gasteiger partial charge in [0.25, 0.3) is 0 Å². The van der Waals surface area contributed by atoms with Crippen LogP contribution in [0, 0.1) is 6.54 Å². The van der Waals surface area contributed by atoms with Gasteiger partial charge < -0.3 is 9.69 Å². The van der Waals surface area contributed by atoms with E-state index in [1.54, 1.807) is 13.5 Å². The molecule has 0 aliphatic carbocycles. The fourth-order valence-corrected chi connectivity index (χ4v) is 1.30. The predicted molar refractivity (Wildman–Crippen MR) is 40.4 cm³/mol. The molecule has 0 radical (unpaired) electrons. The molecule has 1 aliphatic heterocycles. The molecule has 0 aromatic heterocycles. The Morgan fingerprint density at radius 3 is 2.08 bits per heavy atom. The molecule has 0 unspecified atom stereocenters. The van der Waals surface area contributed by atoms with Crippen molar-refractivity contribution in [2.45, 2.75) is 26.2 Å². The van der Waals surface area contributed by atoms with E-state index in [1.807, 2.05) is 0 Å². The van der Waals surface area contributed by atoms with Crippen LogP contribution >= 0.6 is 0 Å². The zero-order valence-electron chi connectivity index (χ0n) is 7.47. The quantitative estimate of drug-likeness (QED) is 0.423. The molecule has 0 aromatic rings. The van der Waals surface area contributed by atoms with E-state index in [-0.39, 0.29) is 57.5 Å². The number of ketones is 1. The van der Waals surface area contributed by atoms with Gasteiger partial charge in [-0.05, 0) is 32.9 Å². The van der Waals surface area contributed by atoms with Gasteiger partial charge in [0.1, 0.15) is 0 Å². The molecule has 1 rings (SSSR count). The van der Waals surface area contributed by atoms with Gasteiger partial charge >= 0.3 is 0 Å².